The Labute approximate surface area is 135 Å². The van der Waals surface area contributed by atoms with Crippen LogP contribution in [0.4, 0.5) is 15.8 Å². The maximum Gasteiger partial charge on any atom is 0.216 e. The van der Waals surface area contributed by atoms with Gasteiger partial charge in [0.1, 0.15) is 12.5 Å². The first kappa shape index (κ1) is 16.0. The number of anilines is 2. The first-order chi connectivity index (χ1) is 11.1. The largest absolute Gasteiger partial charge is 0.378 e. The molecule has 0 saturated carbocycles. The average molecular weight is 323 g/mol. The van der Waals surface area contributed by atoms with Crippen molar-refractivity contribution in [2.24, 2.45) is 0 Å². The van der Waals surface area contributed by atoms with Crippen molar-refractivity contribution in [1.29, 1.82) is 0 Å². The highest BCUT2D eigenvalue weighted by molar-refractivity contribution is 5.72. The highest BCUT2D eigenvalue weighted by Crippen LogP contribution is 2.27. The molecule has 1 aromatic rings. The van der Waals surface area contributed by atoms with Crippen LogP contribution >= 0.6 is 0 Å². The van der Waals surface area contributed by atoms with Crippen molar-refractivity contribution in [2.45, 2.75) is 13.0 Å². The third-order valence-electron chi connectivity index (χ3n) is 4.12. The second-order valence-corrected chi connectivity index (χ2v) is 5.81. The van der Waals surface area contributed by atoms with Crippen molar-refractivity contribution in [3.63, 3.8) is 0 Å². The summed E-state index contributed by atoms with van der Waals surface area (Å²) in [6, 6.07) is 5.28. The van der Waals surface area contributed by atoms with E-state index in [4.69, 9.17) is 9.47 Å². The number of nitrogens with one attached hydrogen (secondary N) is 1. The van der Waals surface area contributed by atoms with E-state index in [0.29, 0.717) is 51.8 Å². The monoisotopic (exact) mass is 323 g/mol. The number of morpholine rings is 1. The molecule has 0 spiro atoms. The van der Waals surface area contributed by atoms with Gasteiger partial charge in [0, 0.05) is 38.8 Å². The normalized spacial score (nSPS) is 21.6. The molecular formula is C16H22FN3O3. The molecule has 1 unspecified atom stereocenters. The first-order valence-electron chi connectivity index (χ1n) is 7.87. The lowest BCUT2D eigenvalue weighted by molar-refractivity contribution is -0.119. The Bertz CT molecular complexity index is 564. The Kier molecular flexibility index (Phi) is 4.97. The summed E-state index contributed by atoms with van der Waals surface area (Å²) >= 11 is 0. The number of hydrogen-bond donors (Lipinski definition) is 1. The van der Waals surface area contributed by atoms with Gasteiger partial charge in [-0.2, -0.15) is 0 Å². The Morgan fingerprint density at radius 2 is 2.13 bits per heavy atom. The lowest BCUT2D eigenvalue weighted by Crippen LogP contribution is -2.36. The Morgan fingerprint density at radius 1 is 1.35 bits per heavy atom. The van der Waals surface area contributed by atoms with E-state index in [9.17, 15) is 9.18 Å². The Morgan fingerprint density at radius 3 is 2.83 bits per heavy atom. The molecule has 126 valence electrons. The predicted octanol–water partition coefficient (Wildman–Crippen LogP) is 0.961. The number of halogens is 1. The summed E-state index contributed by atoms with van der Waals surface area (Å²) < 4.78 is 25.3. The summed E-state index contributed by atoms with van der Waals surface area (Å²) in [5.74, 6) is -0.303. The highest BCUT2D eigenvalue weighted by atomic mass is 19.1. The summed E-state index contributed by atoms with van der Waals surface area (Å²) in [7, 11) is 0. The van der Waals surface area contributed by atoms with Gasteiger partial charge in [-0.15, -0.1) is 0 Å². The number of hydrogen-bond acceptors (Lipinski definition) is 5. The fourth-order valence-corrected chi connectivity index (χ4v) is 2.86. The van der Waals surface area contributed by atoms with E-state index in [2.05, 4.69) is 5.32 Å². The minimum absolute atomic E-state index is 0.0686. The van der Waals surface area contributed by atoms with Gasteiger partial charge in [0.2, 0.25) is 5.91 Å². The summed E-state index contributed by atoms with van der Waals surface area (Å²) in [6.07, 6.45) is -0.0686. The van der Waals surface area contributed by atoms with E-state index in [1.807, 2.05) is 21.9 Å². The van der Waals surface area contributed by atoms with Crippen LogP contribution < -0.4 is 15.1 Å². The number of rotatable bonds is 4. The molecule has 3 rings (SSSR count). The molecular weight excluding hydrogens is 301 g/mol. The second kappa shape index (κ2) is 7.14. The predicted molar refractivity (Wildman–Crippen MR) is 85.2 cm³/mol. The maximum absolute atomic E-state index is 14.4. The minimum Gasteiger partial charge on any atom is -0.378 e. The van der Waals surface area contributed by atoms with Gasteiger partial charge in [0.25, 0.3) is 0 Å². The van der Waals surface area contributed by atoms with Crippen molar-refractivity contribution >= 4 is 17.3 Å². The molecule has 2 aliphatic heterocycles. The molecule has 2 heterocycles. The summed E-state index contributed by atoms with van der Waals surface area (Å²) in [4.78, 5) is 14.9. The molecule has 23 heavy (non-hydrogen) atoms. The van der Waals surface area contributed by atoms with Crippen LogP contribution in [0.5, 0.6) is 0 Å². The summed E-state index contributed by atoms with van der Waals surface area (Å²) in [5.41, 5.74) is 1.41. The molecule has 0 aromatic heterocycles. The van der Waals surface area contributed by atoms with Gasteiger partial charge in [-0.25, -0.2) is 4.39 Å². The SMILES string of the molecule is CC(=O)NCC1CN(c2ccc(N3CCOCC3)c(F)c2)CO1. The van der Waals surface area contributed by atoms with Gasteiger partial charge < -0.3 is 24.6 Å². The zero-order valence-electron chi connectivity index (χ0n) is 13.3. The zero-order chi connectivity index (χ0) is 16.2. The van der Waals surface area contributed by atoms with Crippen LogP contribution in [0.15, 0.2) is 18.2 Å². The van der Waals surface area contributed by atoms with Crippen LogP contribution in [0.2, 0.25) is 0 Å². The van der Waals surface area contributed by atoms with Crippen LogP contribution in [-0.4, -0.2) is 58.1 Å². The molecule has 0 aliphatic carbocycles. The van der Waals surface area contributed by atoms with Crippen molar-refractivity contribution in [2.75, 3.05) is 55.9 Å². The number of nitrogens with zero attached hydrogens (tertiary/aromatic N) is 2. The molecule has 2 fully saturated rings. The molecule has 1 amide bonds. The topological polar surface area (TPSA) is 54.0 Å². The van der Waals surface area contributed by atoms with E-state index in [1.165, 1.54) is 6.92 Å². The number of ether oxygens (including phenoxy) is 2. The van der Waals surface area contributed by atoms with E-state index < -0.39 is 0 Å². The molecule has 1 N–H and O–H groups in total. The first-order valence-corrected chi connectivity index (χ1v) is 7.87. The zero-order valence-corrected chi connectivity index (χ0v) is 13.3. The standard InChI is InChI=1S/C16H22FN3O3/c1-12(21)18-9-14-10-20(11-23-14)13-2-3-16(15(17)8-13)19-4-6-22-7-5-19/h2-3,8,14H,4-7,9-11H2,1H3,(H,18,21). The van der Waals surface area contributed by atoms with Gasteiger partial charge in [0.15, 0.2) is 0 Å². The minimum atomic E-state index is -0.227. The van der Waals surface area contributed by atoms with Crippen molar-refractivity contribution < 1.29 is 18.7 Å². The van der Waals surface area contributed by atoms with E-state index in [-0.39, 0.29) is 17.8 Å². The van der Waals surface area contributed by atoms with Gasteiger partial charge in [0.05, 0.1) is 25.0 Å². The van der Waals surface area contributed by atoms with Crippen LogP contribution in [-0.2, 0) is 14.3 Å². The number of amides is 1. The number of benzene rings is 1. The molecule has 1 atom stereocenters. The third kappa shape index (κ3) is 3.92. The molecule has 7 heteroatoms. The lowest BCUT2D eigenvalue weighted by atomic mass is 10.2. The fraction of sp³-hybridized carbons (Fsp3) is 0.562. The summed E-state index contributed by atoms with van der Waals surface area (Å²) in [5, 5.41) is 2.74. The quantitative estimate of drug-likeness (QED) is 0.894. The second-order valence-electron chi connectivity index (χ2n) is 5.81. The van der Waals surface area contributed by atoms with Gasteiger partial charge in [-0.1, -0.05) is 0 Å². The molecule has 1 aromatic carbocycles. The maximum atomic E-state index is 14.4. The van der Waals surface area contributed by atoms with Gasteiger partial charge >= 0.3 is 0 Å². The Hall–Kier alpha value is -1.86. The summed E-state index contributed by atoms with van der Waals surface area (Å²) in [6.45, 7) is 5.67. The van der Waals surface area contributed by atoms with Crippen LogP contribution in [0.1, 0.15) is 6.92 Å². The van der Waals surface area contributed by atoms with Crippen molar-refractivity contribution in [3.05, 3.63) is 24.0 Å². The van der Waals surface area contributed by atoms with Crippen molar-refractivity contribution in [1.82, 2.24) is 5.32 Å². The van der Waals surface area contributed by atoms with E-state index in [1.54, 1.807) is 6.07 Å². The lowest BCUT2D eigenvalue weighted by Gasteiger charge is -2.29. The fourth-order valence-electron chi connectivity index (χ4n) is 2.86. The highest BCUT2D eigenvalue weighted by Gasteiger charge is 2.24. The van der Waals surface area contributed by atoms with Gasteiger partial charge in [-0.3, -0.25) is 4.79 Å². The van der Waals surface area contributed by atoms with Crippen LogP contribution in [0.3, 0.4) is 0 Å². The van der Waals surface area contributed by atoms with Crippen LogP contribution in [0, 0.1) is 5.82 Å². The molecule has 0 radical (unpaired) electrons. The Balaban J connectivity index is 1.63. The number of carbonyl (C=O) groups is 1. The number of carbonyl (C=O) groups excluding carboxylic acids is 1. The van der Waals surface area contributed by atoms with Crippen molar-refractivity contribution in [3.8, 4) is 0 Å². The van der Waals surface area contributed by atoms with E-state index >= 15 is 0 Å². The molecule has 2 aliphatic rings. The molecule has 6 nitrogen and oxygen atoms in total. The smallest absolute Gasteiger partial charge is 0.216 e. The van der Waals surface area contributed by atoms with E-state index in [0.717, 1.165) is 5.69 Å². The third-order valence-corrected chi connectivity index (χ3v) is 4.12. The molecule has 2 saturated heterocycles. The van der Waals surface area contributed by atoms with Gasteiger partial charge in [-0.05, 0) is 18.2 Å². The molecule has 0 bridgehead atoms. The van der Waals surface area contributed by atoms with Crippen LogP contribution in [0.25, 0.3) is 0 Å². The average Bonchev–Trinajstić information content (AvgIpc) is 3.02.